The fourth-order valence-electron chi connectivity index (χ4n) is 4.13. The van der Waals surface area contributed by atoms with E-state index in [2.05, 4.69) is 21.5 Å². The molecule has 2 heterocycles. The molecule has 1 amide bonds. The number of carbonyl (C=O) groups excluding carboxylic acids is 1. The number of para-hydroxylation sites is 2. The number of amides is 1. The summed E-state index contributed by atoms with van der Waals surface area (Å²) in [6, 6.07) is 19.0. The Balaban J connectivity index is 1.48. The van der Waals surface area contributed by atoms with Crippen LogP contribution in [-0.4, -0.2) is 31.9 Å². The fraction of sp³-hybridized carbons (Fsp3) is 0.208. The first kappa shape index (κ1) is 18.5. The van der Waals surface area contributed by atoms with E-state index in [0.717, 1.165) is 22.2 Å². The van der Waals surface area contributed by atoms with Gasteiger partial charge in [-0.25, -0.2) is 4.68 Å². The van der Waals surface area contributed by atoms with E-state index >= 15 is 0 Å². The Morgan fingerprint density at radius 2 is 1.90 bits per heavy atom. The van der Waals surface area contributed by atoms with Crippen molar-refractivity contribution in [2.24, 2.45) is 5.92 Å². The molecule has 2 aromatic carbocycles. The van der Waals surface area contributed by atoms with Gasteiger partial charge in [-0.1, -0.05) is 30.3 Å². The molecule has 4 aromatic rings. The Kier molecular flexibility index (Phi) is 4.77. The molecule has 1 aliphatic carbocycles. The molecular formula is C24H22N4O2. The van der Waals surface area contributed by atoms with Crippen molar-refractivity contribution in [1.29, 1.82) is 0 Å². The molecule has 150 valence electrons. The molecule has 2 N–H and O–H groups in total. The number of aliphatic hydroxyl groups excluding tert-OH is 1. The Hall–Kier alpha value is -3.51. The number of rotatable bonds is 5. The van der Waals surface area contributed by atoms with E-state index in [4.69, 9.17) is 0 Å². The third kappa shape index (κ3) is 3.46. The highest BCUT2D eigenvalue weighted by molar-refractivity contribution is 5.98. The van der Waals surface area contributed by atoms with E-state index < -0.39 is 0 Å². The van der Waals surface area contributed by atoms with Crippen molar-refractivity contribution < 1.29 is 9.90 Å². The van der Waals surface area contributed by atoms with Crippen LogP contribution in [0.4, 0.5) is 0 Å². The quantitative estimate of drug-likeness (QED) is 0.538. The van der Waals surface area contributed by atoms with E-state index in [0.29, 0.717) is 18.4 Å². The van der Waals surface area contributed by atoms with Gasteiger partial charge in [0.15, 0.2) is 0 Å². The number of pyridine rings is 1. The predicted molar refractivity (Wildman–Crippen MR) is 114 cm³/mol. The Labute approximate surface area is 174 Å². The third-order valence-corrected chi connectivity index (χ3v) is 5.78. The van der Waals surface area contributed by atoms with Crippen molar-refractivity contribution in [2.45, 2.75) is 25.0 Å². The SMILES string of the molecule is O=C(NC(c1cnc2ccccc2c1)C1CC(O)C1)c1ccccc1-n1cccn1. The number of benzene rings is 2. The number of carbonyl (C=O) groups is 1. The van der Waals surface area contributed by atoms with Crippen molar-refractivity contribution in [3.05, 3.63) is 90.4 Å². The Morgan fingerprint density at radius 3 is 2.70 bits per heavy atom. The summed E-state index contributed by atoms with van der Waals surface area (Å²) < 4.78 is 1.69. The lowest BCUT2D eigenvalue weighted by molar-refractivity contribution is 0.0235. The number of hydrogen-bond acceptors (Lipinski definition) is 4. The van der Waals surface area contributed by atoms with Crippen LogP contribution in [0.5, 0.6) is 0 Å². The summed E-state index contributed by atoms with van der Waals surface area (Å²) in [6.45, 7) is 0. The number of nitrogens with zero attached hydrogens (tertiary/aromatic N) is 3. The van der Waals surface area contributed by atoms with Gasteiger partial charge in [-0.2, -0.15) is 5.10 Å². The van der Waals surface area contributed by atoms with Crippen LogP contribution in [0.1, 0.15) is 34.8 Å². The first-order valence-electron chi connectivity index (χ1n) is 10.1. The zero-order valence-electron chi connectivity index (χ0n) is 16.3. The smallest absolute Gasteiger partial charge is 0.253 e. The molecule has 1 unspecified atom stereocenters. The van der Waals surface area contributed by atoms with Gasteiger partial charge < -0.3 is 10.4 Å². The second-order valence-corrected chi connectivity index (χ2v) is 7.77. The van der Waals surface area contributed by atoms with Crippen LogP contribution in [-0.2, 0) is 0 Å². The highest BCUT2D eigenvalue weighted by atomic mass is 16.3. The van der Waals surface area contributed by atoms with Gasteiger partial charge in [0.25, 0.3) is 5.91 Å². The first-order valence-corrected chi connectivity index (χ1v) is 10.1. The molecule has 6 heteroatoms. The highest BCUT2D eigenvalue weighted by Crippen LogP contribution is 2.38. The number of aromatic nitrogens is 3. The summed E-state index contributed by atoms with van der Waals surface area (Å²) in [5.74, 6) is 0.00410. The standard InChI is InChI=1S/C24H22N4O2/c29-19-13-17(14-19)23(18-12-16-6-1-3-8-21(16)25-15-18)27-24(30)20-7-2-4-9-22(20)28-11-5-10-26-28/h1-12,15,17,19,23,29H,13-14H2,(H,27,30). The fourth-order valence-corrected chi connectivity index (χ4v) is 4.13. The topological polar surface area (TPSA) is 80.0 Å². The van der Waals surface area contributed by atoms with Crippen LogP contribution in [0.2, 0.25) is 0 Å². The maximum Gasteiger partial charge on any atom is 0.253 e. The zero-order chi connectivity index (χ0) is 20.5. The van der Waals surface area contributed by atoms with Gasteiger partial charge in [0.1, 0.15) is 0 Å². The largest absolute Gasteiger partial charge is 0.393 e. The molecule has 1 aliphatic rings. The molecule has 0 saturated heterocycles. The van der Waals surface area contributed by atoms with Crippen LogP contribution >= 0.6 is 0 Å². The van der Waals surface area contributed by atoms with Crippen LogP contribution in [0.15, 0.2) is 79.3 Å². The zero-order valence-corrected chi connectivity index (χ0v) is 16.3. The summed E-state index contributed by atoms with van der Waals surface area (Å²) in [4.78, 5) is 17.9. The van der Waals surface area contributed by atoms with Crippen molar-refractivity contribution in [1.82, 2.24) is 20.1 Å². The van der Waals surface area contributed by atoms with Gasteiger partial charge >= 0.3 is 0 Å². The minimum Gasteiger partial charge on any atom is -0.393 e. The minimum atomic E-state index is -0.306. The molecule has 0 aliphatic heterocycles. The van der Waals surface area contributed by atoms with E-state index in [1.54, 1.807) is 16.9 Å². The van der Waals surface area contributed by atoms with Crippen molar-refractivity contribution >= 4 is 16.8 Å². The van der Waals surface area contributed by atoms with Crippen LogP contribution < -0.4 is 5.32 Å². The second kappa shape index (κ2) is 7.72. The molecule has 30 heavy (non-hydrogen) atoms. The van der Waals surface area contributed by atoms with E-state index in [-0.39, 0.29) is 24.0 Å². The maximum atomic E-state index is 13.3. The average molecular weight is 398 g/mol. The molecule has 1 atom stereocenters. The lowest BCUT2D eigenvalue weighted by Gasteiger charge is -2.38. The second-order valence-electron chi connectivity index (χ2n) is 7.77. The molecule has 0 bridgehead atoms. The van der Waals surface area contributed by atoms with Gasteiger partial charge in [-0.05, 0) is 54.7 Å². The monoisotopic (exact) mass is 398 g/mol. The maximum absolute atomic E-state index is 13.3. The molecule has 0 spiro atoms. The molecule has 0 radical (unpaired) electrons. The van der Waals surface area contributed by atoms with Crippen molar-refractivity contribution in [3.63, 3.8) is 0 Å². The summed E-state index contributed by atoms with van der Waals surface area (Å²) >= 11 is 0. The number of nitrogens with one attached hydrogen (secondary N) is 1. The summed E-state index contributed by atoms with van der Waals surface area (Å²) in [6.07, 6.45) is 6.36. The van der Waals surface area contributed by atoms with Crippen molar-refractivity contribution in [3.8, 4) is 5.69 Å². The summed E-state index contributed by atoms with van der Waals surface area (Å²) in [7, 11) is 0. The van der Waals surface area contributed by atoms with E-state index in [1.807, 2.05) is 60.9 Å². The Bertz CT molecular complexity index is 1180. The van der Waals surface area contributed by atoms with Gasteiger partial charge in [0.2, 0.25) is 0 Å². The van der Waals surface area contributed by atoms with Gasteiger partial charge in [-0.15, -0.1) is 0 Å². The number of fused-ring (bicyclic) bond motifs is 1. The molecule has 1 saturated carbocycles. The lowest BCUT2D eigenvalue weighted by atomic mass is 9.75. The molecule has 1 fully saturated rings. The highest BCUT2D eigenvalue weighted by Gasteiger charge is 2.36. The first-order chi connectivity index (χ1) is 14.7. The molecule has 2 aromatic heterocycles. The predicted octanol–water partition coefficient (Wildman–Crippen LogP) is 3.66. The van der Waals surface area contributed by atoms with Crippen LogP contribution in [0.3, 0.4) is 0 Å². The normalized spacial score (nSPS) is 19.2. The Morgan fingerprint density at radius 1 is 1.10 bits per heavy atom. The summed E-state index contributed by atoms with van der Waals surface area (Å²) in [5, 5.41) is 18.4. The summed E-state index contributed by atoms with van der Waals surface area (Å²) in [5.41, 5.74) is 3.16. The molecule has 6 nitrogen and oxygen atoms in total. The van der Waals surface area contributed by atoms with Gasteiger partial charge in [0, 0.05) is 24.0 Å². The third-order valence-electron chi connectivity index (χ3n) is 5.78. The van der Waals surface area contributed by atoms with Gasteiger partial charge in [0.05, 0.1) is 28.9 Å². The van der Waals surface area contributed by atoms with Crippen LogP contribution in [0.25, 0.3) is 16.6 Å². The number of aliphatic hydroxyl groups is 1. The average Bonchev–Trinajstić information content (AvgIpc) is 3.30. The van der Waals surface area contributed by atoms with Crippen LogP contribution in [0, 0.1) is 5.92 Å². The minimum absolute atomic E-state index is 0.166. The lowest BCUT2D eigenvalue weighted by Crippen LogP contribution is -2.41. The van der Waals surface area contributed by atoms with Crippen molar-refractivity contribution in [2.75, 3.05) is 0 Å². The number of hydrogen-bond donors (Lipinski definition) is 2. The molecular weight excluding hydrogens is 376 g/mol. The van der Waals surface area contributed by atoms with E-state index in [9.17, 15) is 9.90 Å². The van der Waals surface area contributed by atoms with Gasteiger partial charge in [-0.3, -0.25) is 9.78 Å². The van der Waals surface area contributed by atoms with E-state index in [1.165, 1.54) is 0 Å². The molecule has 5 rings (SSSR count).